The van der Waals surface area contributed by atoms with E-state index >= 15 is 0 Å². The molecular formula is C16H25FN2. The van der Waals surface area contributed by atoms with Crippen molar-refractivity contribution in [3.05, 3.63) is 29.8 Å². The van der Waals surface area contributed by atoms with Crippen molar-refractivity contribution in [1.29, 1.82) is 0 Å². The van der Waals surface area contributed by atoms with E-state index in [1.807, 2.05) is 0 Å². The first-order chi connectivity index (χ1) is 9.02. The molecule has 0 radical (unpaired) electrons. The zero-order valence-electron chi connectivity index (χ0n) is 12.2. The molecule has 1 heterocycles. The molecule has 3 heteroatoms. The van der Waals surface area contributed by atoms with Gasteiger partial charge in [-0.25, -0.2) is 4.39 Å². The quantitative estimate of drug-likeness (QED) is 0.886. The molecule has 1 atom stereocenters. The number of rotatable bonds is 4. The predicted octanol–water partition coefficient (Wildman–Crippen LogP) is 4.09. The van der Waals surface area contributed by atoms with Crippen LogP contribution in [0.1, 0.15) is 58.1 Å². The number of nitrogens with zero attached hydrogens (tertiary/aromatic N) is 1. The van der Waals surface area contributed by atoms with Crippen molar-refractivity contribution in [1.82, 2.24) is 10.3 Å². The third-order valence-electron chi connectivity index (χ3n) is 4.36. The highest BCUT2D eigenvalue weighted by atomic mass is 19.1. The van der Waals surface area contributed by atoms with Crippen LogP contribution in [0.5, 0.6) is 0 Å². The second-order valence-corrected chi connectivity index (χ2v) is 6.47. The second kappa shape index (κ2) is 6.00. The highest BCUT2D eigenvalue weighted by molar-refractivity contribution is 5.16. The molecule has 0 aromatic carbocycles. The van der Waals surface area contributed by atoms with Crippen LogP contribution in [0.25, 0.3) is 0 Å². The molecular weight excluding hydrogens is 239 g/mol. The van der Waals surface area contributed by atoms with E-state index < -0.39 is 0 Å². The largest absolute Gasteiger partial charge is 0.310 e. The van der Waals surface area contributed by atoms with Crippen LogP contribution in [0.4, 0.5) is 4.39 Å². The second-order valence-electron chi connectivity index (χ2n) is 6.47. The summed E-state index contributed by atoms with van der Waals surface area (Å²) in [6.45, 7) is 7.69. The van der Waals surface area contributed by atoms with Gasteiger partial charge < -0.3 is 5.32 Å². The Labute approximate surface area is 115 Å². The number of halogens is 1. The van der Waals surface area contributed by atoms with Gasteiger partial charge in [0.1, 0.15) is 5.82 Å². The fourth-order valence-electron chi connectivity index (χ4n) is 3.13. The molecule has 1 saturated carbocycles. The van der Waals surface area contributed by atoms with E-state index in [4.69, 9.17) is 0 Å². The topological polar surface area (TPSA) is 24.9 Å². The highest BCUT2D eigenvalue weighted by Crippen LogP contribution is 2.42. The van der Waals surface area contributed by atoms with Crippen molar-refractivity contribution < 1.29 is 4.39 Å². The van der Waals surface area contributed by atoms with Gasteiger partial charge in [-0.1, -0.05) is 20.8 Å². The Morgan fingerprint density at radius 2 is 2.05 bits per heavy atom. The molecule has 0 amide bonds. The predicted molar refractivity (Wildman–Crippen MR) is 76.4 cm³/mol. The molecule has 1 aliphatic carbocycles. The molecule has 2 nitrogen and oxygen atoms in total. The van der Waals surface area contributed by atoms with Crippen molar-refractivity contribution >= 4 is 0 Å². The van der Waals surface area contributed by atoms with Gasteiger partial charge in [-0.15, -0.1) is 0 Å². The lowest BCUT2D eigenvalue weighted by Crippen LogP contribution is -2.33. The summed E-state index contributed by atoms with van der Waals surface area (Å²) >= 11 is 0. The van der Waals surface area contributed by atoms with E-state index in [-0.39, 0.29) is 11.9 Å². The molecule has 1 aromatic heterocycles. The minimum atomic E-state index is -0.239. The lowest BCUT2D eigenvalue weighted by atomic mass is 9.70. The maximum Gasteiger partial charge on any atom is 0.141 e. The molecule has 0 saturated heterocycles. The fraction of sp³-hybridized carbons (Fsp3) is 0.688. The van der Waals surface area contributed by atoms with Gasteiger partial charge in [0, 0.05) is 12.2 Å². The van der Waals surface area contributed by atoms with Crippen LogP contribution in [0, 0.1) is 17.2 Å². The average Bonchev–Trinajstić information content (AvgIpc) is 2.36. The van der Waals surface area contributed by atoms with E-state index in [2.05, 4.69) is 31.1 Å². The molecule has 1 N–H and O–H groups in total. The summed E-state index contributed by atoms with van der Waals surface area (Å²) in [6.07, 6.45) is 8.00. The SMILES string of the molecule is CCNC(c1cncc(F)c1)C1CCC(C)(C)CC1. The van der Waals surface area contributed by atoms with Crippen LogP contribution in [0.2, 0.25) is 0 Å². The molecule has 0 spiro atoms. The van der Waals surface area contributed by atoms with Gasteiger partial charge in [0.2, 0.25) is 0 Å². The number of pyridine rings is 1. The third-order valence-corrected chi connectivity index (χ3v) is 4.36. The van der Waals surface area contributed by atoms with Crippen molar-refractivity contribution in [2.24, 2.45) is 11.3 Å². The molecule has 1 aliphatic rings. The van der Waals surface area contributed by atoms with Gasteiger partial charge >= 0.3 is 0 Å². The summed E-state index contributed by atoms with van der Waals surface area (Å²) in [5, 5.41) is 3.52. The Morgan fingerprint density at radius 1 is 1.37 bits per heavy atom. The smallest absolute Gasteiger partial charge is 0.141 e. The summed E-state index contributed by atoms with van der Waals surface area (Å²) in [4.78, 5) is 4.00. The summed E-state index contributed by atoms with van der Waals surface area (Å²) in [6, 6.07) is 1.87. The number of hydrogen-bond donors (Lipinski definition) is 1. The van der Waals surface area contributed by atoms with Crippen molar-refractivity contribution in [2.45, 2.75) is 52.5 Å². The van der Waals surface area contributed by atoms with Crippen LogP contribution in [-0.2, 0) is 0 Å². The van der Waals surface area contributed by atoms with E-state index in [1.54, 1.807) is 12.3 Å². The molecule has 2 rings (SSSR count). The van der Waals surface area contributed by atoms with Gasteiger partial charge in [0.25, 0.3) is 0 Å². The van der Waals surface area contributed by atoms with E-state index in [0.717, 1.165) is 12.1 Å². The Morgan fingerprint density at radius 3 is 2.63 bits per heavy atom. The van der Waals surface area contributed by atoms with Crippen molar-refractivity contribution in [3.8, 4) is 0 Å². The van der Waals surface area contributed by atoms with E-state index in [9.17, 15) is 4.39 Å². The molecule has 106 valence electrons. The van der Waals surface area contributed by atoms with Crippen LogP contribution >= 0.6 is 0 Å². The standard InChI is InChI=1S/C16H25FN2/c1-4-19-15(13-9-14(17)11-18-10-13)12-5-7-16(2,3)8-6-12/h9-12,15,19H,4-8H2,1-3H3. The normalized spacial score (nSPS) is 21.3. The molecule has 1 unspecified atom stereocenters. The molecule has 1 fully saturated rings. The van der Waals surface area contributed by atoms with Crippen LogP contribution in [-0.4, -0.2) is 11.5 Å². The molecule has 0 aliphatic heterocycles. The van der Waals surface area contributed by atoms with Crippen molar-refractivity contribution in [3.63, 3.8) is 0 Å². The first-order valence-corrected chi connectivity index (χ1v) is 7.36. The minimum absolute atomic E-state index is 0.239. The number of aromatic nitrogens is 1. The lowest BCUT2D eigenvalue weighted by molar-refractivity contribution is 0.162. The maximum atomic E-state index is 13.4. The summed E-state index contributed by atoms with van der Waals surface area (Å²) in [5.74, 6) is 0.355. The van der Waals surface area contributed by atoms with Gasteiger partial charge in [0.05, 0.1) is 6.20 Å². The monoisotopic (exact) mass is 264 g/mol. The number of hydrogen-bond acceptors (Lipinski definition) is 2. The van der Waals surface area contributed by atoms with Crippen molar-refractivity contribution in [2.75, 3.05) is 6.54 Å². The number of nitrogens with one attached hydrogen (secondary N) is 1. The third kappa shape index (κ3) is 3.75. The van der Waals surface area contributed by atoms with Gasteiger partial charge in [-0.05, 0) is 55.2 Å². The minimum Gasteiger partial charge on any atom is -0.310 e. The van der Waals surface area contributed by atoms with Crippen LogP contribution < -0.4 is 5.32 Å². The van der Waals surface area contributed by atoms with Gasteiger partial charge in [0.15, 0.2) is 0 Å². The first-order valence-electron chi connectivity index (χ1n) is 7.36. The molecule has 1 aromatic rings. The summed E-state index contributed by atoms with van der Waals surface area (Å²) in [5.41, 5.74) is 1.46. The van der Waals surface area contributed by atoms with Crippen LogP contribution in [0.3, 0.4) is 0 Å². The van der Waals surface area contributed by atoms with Gasteiger partial charge in [-0.3, -0.25) is 4.98 Å². The Hall–Kier alpha value is -0.960. The first kappa shape index (κ1) is 14.4. The molecule has 0 bridgehead atoms. The summed E-state index contributed by atoms with van der Waals surface area (Å²) in [7, 11) is 0. The Balaban J connectivity index is 2.12. The zero-order chi connectivity index (χ0) is 13.9. The van der Waals surface area contributed by atoms with E-state index in [0.29, 0.717) is 11.3 Å². The highest BCUT2D eigenvalue weighted by Gasteiger charge is 2.31. The Kier molecular flexibility index (Phi) is 4.56. The zero-order valence-corrected chi connectivity index (χ0v) is 12.2. The lowest BCUT2D eigenvalue weighted by Gasteiger charge is -2.38. The summed E-state index contributed by atoms with van der Waals surface area (Å²) < 4.78 is 13.4. The fourth-order valence-corrected chi connectivity index (χ4v) is 3.13. The molecule has 19 heavy (non-hydrogen) atoms. The van der Waals surface area contributed by atoms with Gasteiger partial charge in [-0.2, -0.15) is 0 Å². The Bertz CT molecular complexity index is 407. The average molecular weight is 264 g/mol. The maximum absolute atomic E-state index is 13.4. The van der Waals surface area contributed by atoms with E-state index in [1.165, 1.54) is 31.9 Å². The van der Waals surface area contributed by atoms with Crippen LogP contribution in [0.15, 0.2) is 18.5 Å².